The first kappa shape index (κ1) is 38.9. The lowest BCUT2D eigenvalue weighted by molar-refractivity contribution is 0.669. The lowest BCUT2D eigenvalue weighted by Gasteiger charge is -2.36. The Morgan fingerprint density at radius 3 is 1.56 bits per heavy atom. The SMILES string of the molecule is c1ccc(N(c2ccc3c(c2)-c2ccccc2N(c2ccccc2)c2ccccc2-3)c2ccc3c(c2)C2(c4ccccc4-c4ccccc4-3)c3ccccc3-c3c2ccc2c3oc3ccccc32)cc1. The Morgan fingerprint density at radius 1 is 0.314 bits per heavy atom. The van der Waals surface area contributed by atoms with Gasteiger partial charge in [0.25, 0.3) is 0 Å². The Bertz CT molecular complexity index is 4090. The normalized spacial score (nSPS) is 14.6. The average Bonchev–Trinajstić information content (AvgIpc) is 3.88. The molecule has 0 N–H and O–H groups in total. The number of benzene rings is 11. The molecule has 3 nitrogen and oxygen atoms in total. The molecule has 1 spiro atoms. The number of rotatable bonds is 4. The molecule has 15 rings (SSSR count). The van der Waals surface area contributed by atoms with Crippen molar-refractivity contribution in [3.8, 4) is 55.6 Å². The van der Waals surface area contributed by atoms with E-state index < -0.39 is 5.41 Å². The van der Waals surface area contributed by atoms with E-state index in [1.165, 1.54) is 72.3 Å². The fourth-order valence-corrected chi connectivity index (χ4v) is 12.4. The summed E-state index contributed by atoms with van der Waals surface area (Å²) in [5, 5.41) is 2.27. The first-order chi connectivity index (χ1) is 34.8. The van der Waals surface area contributed by atoms with E-state index in [-0.39, 0.29) is 0 Å². The summed E-state index contributed by atoms with van der Waals surface area (Å²) in [7, 11) is 0. The monoisotopic (exact) mass is 890 g/mol. The Hall–Kier alpha value is -9.18. The van der Waals surface area contributed by atoms with Gasteiger partial charge in [-0.15, -0.1) is 0 Å². The van der Waals surface area contributed by atoms with Crippen molar-refractivity contribution in [3.05, 3.63) is 277 Å². The number of hydrogen-bond acceptors (Lipinski definition) is 3. The minimum absolute atomic E-state index is 0.709. The zero-order valence-corrected chi connectivity index (χ0v) is 38.1. The summed E-state index contributed by atoms with van der Waals surface area (Å²) >= 11 is 0. The van der Waals surface area contributed by atoms with E-state index >= 15 is 0 Å². The van der Waals surface area contributed by atoms with Crippen LogP contribution in [0.3, 0.4) is 0 Å². The molecule has 12 aromatic rings. The number of furan rings is 1. The Balaban J connectivity index is 1.02. The van der Waals surface area contributed by atoms with Gasteiger partial charge in [0.05, 0.1) is 16.8 Å². The summed E-state index contributed by atoms with van der Waals surface area (Å²) in [6, 6.07) is 93.9. The molecule has 11 aromatic carbocycles. The standard InChI is InChI=1S/C67H42N2O/c1-3-19-43(20-4-1)68(45-35-37-49-52-26-11-16-32-62(52)69(44-21-5-2-6-22-44)63-33-17-12-27-53(63)57(49)41-45)46-36-38-51-48-24-8-7-23-47(48)50-25-9-14-30-58(50)67(61(51)42-46)59-31-15-10-29-56(59)65-60(67)40-39-55-54-28-13-18-34-64(54)70-66(55)65/h1-42H. The van der Waals surface area contributed by atoms with Crippen LogP contribution in [0.5, 0.6) is 0 Å². The highest BCUT2D eigenvalue weighted by atomic mass is 16.3. The molecule has 2 heterocycles. The predicted octanol–water partition coefficient (Wildman–Crippen LogP) is 18.2. The van der Waals surface area contributed by atoms with Crippen LogP contribution in [-0.2, 0) is 5.41 Å². The molecule has 0 saturated heterocycles. The van der Waals surface area contributed by atoms with Crippen molar-refractivity contribution in [1.29, 1.82) is 0 Å². The van der Waals surface area contributed by atoms with Gasteiger partial charge in [-0.25, -0.2) is 0 Å². The molecule has 70 heavy (non-hydrogen) atoms. The fourth-order valence-electron chi connectivity index (χ4n) is 12.4. The lowest BCUT2D eigenvalue weighted by Crippen LogP contribution is -2.29. The molecule has 0 fully saturated rings. The van der Waals surface area contributed by atoms with Crippen LogP contribution in [0.2, 0.25) is 0 Å². The van der Waals surface area contributed by atoms with Crippen LogP contribution in [0.1, 0.15) is 22.3 Å². The molecule has 0 saturated carbocycles. The van der Waals surface area contributed by atoms with E-state index in [1.54, 1.807) is 0 Å². The van der Waals surface area contributed by atoms with E-state index in [1.807, 2.05) is 0 Å². The van der Waals surface area contributed by atoms with Crippen LogP contribution in [-0.4, -0.2) is 0 Å². The van der Waals surface area contributed by atoms with Crippen LogP contribution < -0.4 is 9.80 Å². The molecule has 1 unspecified atom stereocenters. The summed E-state index contributed by atoms with van der Waals surface area (Å²) in [6.07, 6.45) is 0. The van der Waals surface area contributed by atoms with Crippen molar-refractivity contribution in [3.63, 3.8) is 0 Å². The third kappa shape index (κ3) is 5.34. The second-order valence-corrected chi connectivity index (χ2v) is 18.7. The molecule has 3 aliphatic rings. The van der Waals surface area contributed by atoms with Crippen LogP contribution in [0.15, 0.2) is 259 Å². The maximum Gasteiger partial charge on any atom is 0.143 e. The molecule has 0 bridgehead atoms. The molecular weight excluding hydrogens is 849 g/mol. The van der Waals surface area contributed by atoms with Gasteiger partial charge in [0.15, 0.2) is 0 Å². The van der Waals surface area contributed by atoms with Crippen LogP contribution in [0, 0.1) is 0 Å². The molecule has 0 radical (unpaired) electrons. The fraction of sp³-hybridized carbons (Fsp3) is 0.0149. The van der Waals surface area contributed by atoms with Crippen molar-refractivity contribution < 1.29 is 4.42 Å². The number of fused-ring (bicyclic) bond motifs is 21. The van der Waals surface area contributed by atoms with Crippen LogP contribution in [0.4, 0.5) is 34.1 Å². The third-order valence-corrected chi connectivity index (χ3v) is 15.2. The van der Waals surface area contributed by atoms with Crippen molar-refractivity contribution in [2.24, 2.45) is 0 Å². The van der Waals surface area contributed by atoms with Crippen LogP contribution >= 0.6 is 0 Å². The lowest BCUT2D eigenvalue weighted by atomic mass is 9.65. The number of nitrogens with zero attached hydrogens (tertiary/aromatic N) is 2. The van der Waals surface area contributed by atoms with Gasteiger partial charge in [-0.1, -0.05) is 188 Å². The van der Waals surface area contributed by atoms with E-state index in [0.717, 1.165) is 61.6 Å². The summed E-state index contributed by atoms with van der Waals surface area (Å²) in [5.74, 6) is 0. The first-order valence-corrected chi connectivity index (χ1v) is 24.2. The largest absolute Gasteiger partial charge is 0.455 e. The molecule has 326 valence electrons. The summed E-state index contributed by atoms with van der Waals surface area (Å²) in [5.41, 5.74) is 24.8. The second kappa shape index (κ2) is 14.9. The highest BCUT2D eigenvalue weighted by molar-refractivity contribution is 6.13. The van der Waals surface area contributed by atoms with Crippen molar-refractivity contribution in [2.45, 2.75) is 5.41 Å². The van der Waals surface area contributed by atoms with Gasteiger partial charge in [0.1, 0.15) is 11.2 Å². The maximum atomic E-state index is 6.95. The molecule has 2 aliphatic carbocycles. The zero-order valence-electron chi connectivity index (χ0n) is 38.1. The minimum atomic E-state index is -0.709. The smallest absolute Gasteiger partial charge is 0.143 e. The Morgan fingerprint density at radius 2 is 0.829 bits per heavy atom. The molecule has 3 heteroatoms. The Kier molecular flexibility index (Phi) is 8.28. The predicted molar refractivity (Wildman–Crippen MR) is 289 cm³/mol. The molecule has 1 aliphatic heterocycles. The molecule has 1 aromatic heterocycles. The van der Waals surface area contributed by atoms with Gasteiger partial charge in [-0.2, -0.15) is 0 Å². The summed E-state index contributed by atoms with van der Waals surface area (Å²) < 4.78 is 6.95. The van der Waals surface area contributed by atoms with Gasteiger partial charge in [-0.3, -0.25) is 0 Å². The maximum absolute atomic E-state index is 6.95. The van der Waals surface area contributed by atoms with Gasteiger partial charge < -0.3 is 14.2 Å². The number of para-hydroxylation sites is 5. The van der Waals surface area contributed by atoms with Crippen molar-refractivity contribution in [1.82, 2.24) is 0 Å². The van der Waals surface area contributed by atoms with Gasteiger partial charge in [-0.05, 0) is 128 Å². The summed E-state index contributed by atoms with van der Waals surface area (Å²) in [6.45, 7) is 0. The molecule has 1 atom stereocenters. The molecule has 0 amide bonds. The van der Waals surface area contributed by atoms with Gasteiger partial charge in [0, 0.05) is 50.2 Å². The van der Waals surface area contributed by atoms with Gasteiger partial charge >= 0.3 is 0 Å². The first-order valence-electron chi connectivity index (χ1n) is 24.2. The van der Waals surface area contributed by atoms with E-state index in [2.05, 4.69) is 265 Å². The third-order valence-electron chi connectivity index (χ3n) is 15.2. The second-order valence-electron chi connectivity index (χ2n) is 18.7. The van der Waals surface area contributed by atoms with E-state index in [9.17, 15) is 0 Å². The van der Waals surface area contributed by atoms with E-state index in [4.69, 9.17) is 4.42 Å². The topological polar surface area (TPSA) is 19.6 Å². The van der Waals surface area contributed by atoms with Crippen molar-refractivity contribution in [2.75, 3.05) is 9.80 Å². The average molecular weight is 891 g/mol. The molecular formula is C67H42N2O. The quantitative estimate of drug-likeness (QED) is 0.176. The number of anilines is 6. The highest BCUT2D eigenvalue weighted by Gasteiger charge is 2.51. The zero-order chi connectivity index (χ0) is 45.9. The summed E-state index contributed by atoms with van der Waals surface area (Å²) in [4.78, 5) is 4.87. The number of hydrogen-bond donors (Lipinski definition) is 0. The highest BCUT2D eigenvalue weighted by Crippen LogP contribution is 2.64. The van der Waals surface area contributed by atoms with Crippen molar-refractivity contribution >= 4 is 56.1 Å². The van der Waals surface area contributed by atoms with Gasteiger partial charge in [0.2, 0.25) is 0 Å². The van der Waals surface area contributed by atoms with E-state index in [0.29, 0.717) is 0 Å². The minimum Gasteiger partial charge on any atom is -0.455 e. The van der Waals surface area contributed by atoms with Crippen LogP contribution in [0.25, 0.3) is 77.6 Å². The Labute approximate surface area is 406 Å².